The molecule has 1 saturated carbocycles. The molecule has 1 aliphatic rings. The molecular weight excluding hydrogens is 405 g/mol. The smallest absolute Gasteiger partial charge is 0.256 e. The summed E-state index contributed by atoms with van der Waals surface area (Å²) in [7, 11) is 0. The number of alkyl halides is 2. The summed E-state index contributed by atoms with van der Waals surface area (Å²) in [5, 5.41) is 15.9. The van der Waals surface area contributed by atoms with E-state index in [1.54, 1.807) is 12.1 Å². The van der Waals surface area contributed by atoms with Crippen LogP contribution in [0.15, 0.2) is 36.5 Å². The molecule has 2 aromatic heterocycles. The fourth-order valence-electron chi connectivity index (χ4n) is 3.20. The normalized spacial score (nSPS) is 14.2. The van der Waals surface area contributed by atoms with Gasteiger partial charge in [0.15, 0.2) is 0 Å². The lowest BCUT2D eigenvalue weighted by Gasteiger charge is -2.25. The van der Waals surface area contributed by atoms with Crippen LogP contribution in [-0.4, -0.2) is 33.8 Å². The number of rotatable bonds is 5. The number of hydrogen-bond donors (Lipinski definition) is 2. The predicted molar refractivity (Wildman–Crippen MR) is 111 cm³/mol. The molecule has 6 nitrogen and oxygen atoms in total. The van der Waals surface area contributed by atoms with Crippen LogP contribution in [0.1, 0.15) is 25.5 Å². The zero-order valence-electron chi connectivity index (χ0n) is 16.7. The maximum Gasteiger partial charge on any atom is 0.256 e. The molecule has 0 radical (unpaired) electrons. The van der Waals surface area contributed by atoms with E-state index < -0.39 is 18.8 Å². The molecule has 0 amide bonds. The lowest BCUT2D eigenvalue weighted by Crippen LogP contribution is -2.30. The number of benzene rings is 1. The number of halogens is 3. The Hall–Kier alpha value is -3.67. The van der Waals surface area contributed by atoms with Crippen LogP contribution >= 0.6 is 0 Å². The van der Waals surface area contributed by atoms with E-state index in [0.29, 0.717) is 16.9 Å². The monoisotopic (exact) mass is 424 g/mol. The molecule has 0 spiro atoms. The highest BCUT2D eigenvalue weighted by Gasteiger charge is 2.35. The summed E-state index contributed by atoms with van der Waals surface area (Å²) in [4.78, 5) is 9.55. The van der Waals surface area contributed by atoms with Crippen molar-refractivity contribution in [1.29, 1.82) is 10.8 Å². The number of aromatic nitrogens is 3. The topological polar surface area (TPSA) is 81.7 Å². The van der Waals surface area contributed by atoms with Gasteiger partial charge in [0.25, 0.3) is 6.43 Å². The summed E-state index contributed by atoms with van der Waals surface area (Å²) < 4.78 is 42.2. The standard InChI is InChI=1S/C22H19F3N6/c1-22(7-8-22)6-4-15-11-16(5-9-28-15)30(12-19(24)25)20-17-10-14(23)2-3-18(17)31(13-26)21(27)29-20/h2-3,5,9-11,13,19,26-27H,7-8,12H2,1H3. The summed E-state index contributed by atoms with van der Waals surface area (Å²) in [5.74, 6) is 5.57. The molecule has 2 N–H and O–H groups in total. The average Bonchev–Trinajstić information content (AvgIpc) is 3.48. The first kappa shape index (κ1) is 20.6. The average molecular weight is 424 g/mol. The van der Waals surface area contributed by atoms with Crippen molar-refractivity contribution < 1.29 is 13.2 Å². The van der Waals surface area contributed by atoms with Gasteiger partial charge in [-0.15, -0.1) is 0 Å². The molecular formula is C22H19F3N6. The van der Waals surface area contributed by atoms with Crippen molar-refractivity contribution in [2.45, 2.75) is 26.2 Å². The number of pyridine rings is 1. The van der Waals surface area contributed by atoms with E-state index in [-0.39, 0.29) is 22.2 Å². The molecule has 0 aliphatic heterocycles. The number of fused-ring (bicyclic) bond motifs is 1. The third kappa shape index (κ3) is 4.28. The van der Waals surface area contributed by atoms with Crippen LogP contribution in [-0.2, 0) is 0 Å². The van der Waals surface area contributed by atoms with Gasteiger partial charge in [-0.25, -0.2) is 18.2 Å². The van der Waals surface area contributed by atoms with Gasteiger partial charge in [-0.3, -0.25) is 15.4 Å². The Bertz CT molecular complexity index is 1280. The van der Waals surface area contributed by atoms with Crippen molar-refractivity contribution in [3.63, 3.8) is 0 Å². The highest BCUT2D eigenvalue weighted by atomic mass is 19.3. The fraction of sp³-hybridized carbons (Fsp3) is 0.273. The van der Waals surface area contributed by atoms with Gasteiger partial charge in [-0.2, -0.15) is 4.98 Å². The zero-order valence-corrected chi connectivity index (χ0v) is 16.7. The zero-order chi connectivity index (χ0) is 22.2. The van der Waals surface area contributed by atoms with Gasteiger partial charge >= 0.3 is 0 Å². The number of nitrogens with zero attached hydrogens (tertiary/aromatic N) is 4. The van der Waals surface area contributed by atoms with Gasteiger partial charge in [0.1, 0.15) is 17.3 Å². The molecule has 1 fully saturated rings. The summed E-state index contributed by atoms with van der Waals surface area (Å²) in [6.07, 6.45) is 1.65. The van der Waals surface area contributed by atoms with E-state index in [1.807, 2.05) is 0 Å². The number of anilines is 2. The predicted octanol–water partition coefficient (Wildman–Crippen LogP) is 4.06. The van der Waals surface area contributed by atoms with E-state index in [0.717, 1.165) is 29.8 Å². The summed E-state index contributed by atoms with van der Waals surface area (Å²) in [5.41, 5.74) is 0.735. The van der Waals surface area contributed by atoms with Gasteiger partial charge in [-0.1, -0.05) is 5.92 Å². The Kier molecular flexibility index (Phi) is 5.23. The first-order chi connectivity index (χ1) is 14.8. The summed E-state index contributed by atoms with van der Waals surface area (Å²) in [6, 6.07) is 6.85. The van der Waals surface area contributed by atoms with Gasteiger partial charge in [0.2, 0.25) is 5.62 Å². The van der Waals surface area contributed by atoms with Gasteiger partial charge in [0.05, 0.1) is 18.4 Å². The molecule has 0 saturated heterocycles. The molecule has 4 rings (SSSR count). The van der Waals surface area contributed by atoms with E-state index in [9.17, 15) is 13.2 Å². The molecule has 0 unspecified atom stereocenters. The minimum atomic E-state index is -2.72. The molecule has 3 aromatic rings. The quantitative estimate of drug-likeness (QED) is 0.368. The Balaban J connectivity index is 1.89. The largest absolute Gasteiger partial charge is 0.320 e. The number of hydrogen-bond acceptors (Lipinski definition) is 5. The second-order valence-corrected chi connectivity index (χ2v) is 7.63. The Morgan fingerprint density at radius 3 is 2.74 bits per heavy atom. The van der Waals surface area contributed by atoms with E-state index in [4.69, 9.17) is 10.8 Å². The Labute approximate surface area is 176 Å². The minimum absolute atomic E-state index is 0.00263. The molecule has 0 atom stereocenters. The number of nitrogens with one attached hydrogen (secondary N) is 2. The van der Waals surface area contributed by atoms with Crippen LogP contribution in [0.2, 0.25) is 0 Å². The highest BCUT2D eigenvalue weighted by molar-refractivity contribution is 5.94. The van der Waals surface area contributed by atoms with Crippen LogP contribution in [0.4, 0.5) is 24.7 Å². The van der Waals surface area contributed by atoms with E-state index in [2.05, 4.69) is 28.7 Å². The van der Waals surface area contributed by atoms with E-state index >= 15 is 0 Å². The lowest BCUT2D eigenvalue weighted by molar-refractivity contribution is 0.158. The molecule has 158 valence electrons. The van der Waals surface area contributed by atoms with Crippen molar-refractivity contribution in [3.05, 3.63) is 53.7 Å². The first-order valence-electron chi connectivity index (χ1n) is 9.61. The third-order valence-electron chi connectivity index (χ3n) is 5.15. The van der Waals surface area contributed by atoms with Gasteiger partial charge in [0, 0.05) is 22.7 Å². The van der Waals surface area contributed by atoms with Crippen molar-refractivity contribution in [1.82, 2.24) is 14.5 Å². The first-order valence-corrected chi connectivity index (χ1v) is 9.61. The van der Waals surface area contributed by atoms with Gasteiger partial charge in [-0.05, 0) is 56.0 Å². The van der Waals surface area contributed by atoms with Crippen LogP contribution < -0.4 is 10.5 Å². The second-order valence-electron chi connectivity index (χ2n) is 7.63. The molecule has 31 heavy (non-hydrogen) atoms. The van der Waals surface area contributed by atoms with Crippen LogP contribution in [0, 0.1) is 33.9 Å². The minimum Gasteiger partial charge on any atom is -0.320 e. The fourth-order valence-corrected chi connectivity index (χ4v) is 3.20. The Morgan fingerprint density at radius 2 is 2.06 bits per heavy atom. The lowest BCUT2D eigenvalue weighted by atomic mass is 10.1. The van der Waals surface area contributed by atoms with Crippen molar-refractivity contribution in [2.24, 2.45) is 5.41 Å². The SMILES string of the molecule is CC1(C#Cc2cc(N(CC(F)F)c3nc(=N)n(C=N)c4ccc(F)cc34)ccn2)CC1. The summed E-state index contributed by atoms with van der Waals surface area (Å²) in [6.45, 7) is 1.33. The molecule has 2 heterocycles. The second kappa shape index (κ2) is 7.87. The van der Waals surface area contributed by atoms with Crippen molar-refractivity contribution >= 4 is 28.7 Å². The Morgan fingerprint density at radius 1 is 1.29 bits per heavy atom. The van der Waals surface area contributed by atoms with Crippen molar-refractivity contribution in [2.75, 3.05) is 11.4 Å². The van der Waals surface area contributed by atoms with Crippen molar-refractivity contribution in [3.8, 4) is 11.8 Å². The summed E-state index contributed by atoms with van der Waals surface area (Å²) >= 11 is 0. The molecule has 1 aliphatic carbocycles. The molecule has 9 heteroatoms. The maximum atomic E-state index is 14.0. The van der Waals surface area contributed by atoms with Gasteiger partial charge < -0.3 is 4.90 Å². The van der Waals surface area contributed by atoms with Crippen LogP contribution in [0.5, 0.6) is 0 Å². The third-order valence-corrected chi connectivity index (χ3v) is 5.15. The van der Waals surface area contributed by atoms with Crippen LogP contribution in [0.25, 0.3) is 10.9 Å². The van der Waals surface area contributed by atoms with Crippen LogP contribution in [0.3, 0.4) is 0 Å². The van der Waals surface area contributed by atoms with E-state index in [1.165, 1.54) is 23.2 Å². The molecule has 0 bridgehead atoms. The maximum absolute atomic E-state index is 14.0. The highest BCUT2D eigenvalue weighted by Crippen LogP contribution is 2.44. The molecule has 1 aromatic carbocycles.